The lowest BCUT2D eigenvalue weighted by Gasteiger charge is -2.21. The summed E-state index contributed by atoms with van der Waals surface area (Å²) >= 11 is 1.48. The summed E-state index contributed by atoms with van der Waals surface area (Å²) in [7, 11) is 0. The lowest BCUT2D eigenvalue weighted by Crippen LogP contribution is -2.46. The van der Waals surface area contributed by atoms with Crippen molar-refractivity contribution in [1.29, 1.82) is 0 Å². The van der Waals surface area contributed by atoms with Gasteiger partial charge in [-0.2, -0.15) is 0 Å². The van der Waals surface area contributed by atoms with Crippen LogP contribution in [0.25, 0.3) is 0 Å². The average molecular weight is 285 g/mol. The van der Waals surface area contributed by atoms with Crippen molar-refractivity contribution in [3.8, 4) is 0 Å². The van der Waals surface area contributed by atoms with E-state index < -0.39 is 24.1 Å². The highest BCUT2D eigenvalue weighted by Gasteiger charge is 2.38. The second-order valence-corrected chi connectivity index (χ2v) is 5.47. The summed E-state index contributed by atoms with van der Waals surface area (Å²) in [5.41, 5.74) is 0.738. The Morgan fingerprint density at radius 3 is 2.95 bits per heavy atom. The molecule has 1 saturated heterocycles. The summed E-state index contributed by atoms with van der Waals surface area (Å²) in [6.45, 7) is 2.16. The molecular weight excluding hydrogens is 270 g/mol. The standard InChI is InChI=1S/C11H15N3O4S/c1-6-13-7(5-19-6)3-12-11(18)14-4-8(15)2-9(14)10(16)17/h5,8-9,15H,2-4H2,1H3,(H,12,18)(H,16,17)/t8-,9-/m1/s1. The number of hydrogen-bond donors (Lipinski definition) is 3. The van der Waals surface area contributed by atoms with Crippen LogP contribution in [0.5, 0.6) is 0 Å². The first kappa shape index (κ1) is 13.8. The zero-order valence-electron chi connectivity index (χ0n) is 10.4. The van der Waals surface area contributed by atoms with Crippen LogP contribution >= 0.6 is 11.3 Å². The van der Waals surface area contributed by atoms with Crippen LogP contribution in [0.1, 0.15) is 17.1 Å². The molecule has 3 N–H and O–H groups in total. The first-order valence-electron chi connectivity index (χ1n) is 5.83. The molecule has 19 heavy (non-hydrogen) atoms. The topological polar surface area (TPSA) is 103 Å². The van der Waals surface area contributed by atoms with Gasteiger partial charge in [0.05, 0.1) is 23.4 Å². The highest BCUT2D eigenvalue weighted by molar-refractivity contribution is 7.09. The van der Waals surface area contributed by atoms with Gasteiger partial charge in [0.2, 0.25) is 0 Å². The molecule has 1 fully saturated rings. The maximum absolute atomic E-state index is 11.9. The number of carbonyl (C=O) groups excluding carboxylic acids is 1. The van der Waals surface area contributed by atoms with E-state index >= 15 is 0 Å². The molecule has 1 aliphatic rings. The zero-order valence-corrected chi connectivity index (χ0v) is 11.2. The molecule has 0 spiro atoms. The molecule has 1 aromatic rings. The Morgan fingerprint density at radius 2 is 2.37 bits per heavy atom. The van der Waals surface area contributed by atoms with E-state index in [4.69, 9.17) is 5.11 Å². The maximum atomic E-state index is 11.9. The second-order valence-electron chi connectivity index (χ2n) is 4.41. The van der Waals surface area contributed by atoms with E-state index in [0.29, 0.717) is 0 Å². The molecule has 0 saturated carbocycles. The van der Waals surface area contributed by atoms with Crippen molar-refractivity contribution in [2.45, 2.75) is 32.0 Å². The van der Waals surface area contributed by atoms with E-state index in [2.05, 4.69) is 10.3 Å². The number of β-amino-alcohol motifs (C(OH)–C–C–N with tert-alkyl or cyclic N) is 1. The van der Waals surface area contributed by atoms with Gasteiger partial charge in [-0.1, -0.05) is 0 Å². The normalized spacial score (nSPS) is 22.5. The number of nitrogens with zero attached hydrogens (tertiary/aromatic N) is 2. The Morgan fingerprint density at radius 1 is 1.63 bits per heavy atom. The number of aryl methyl sites for hydroxylation is 1. The summed E-state index contributed by atoms with van der Waals surface area (Å²) in [5, 5.41) is 23.8. The predicted octanol–water partition coefficient (Wildman–Crippen LogP) is 0.181. The molecule has 7 nitrogen and oxygen atoms in total. The van der Waals surface area contributed by atoms with Gasteiger partial charge < -0.3 is 20.4 Å². The number of amides is 2. The Labute approximate surface area is 113 Å². The molecule has 8 heteroatoms. The summed E-state index contributed by atoms with van der Waals surface area (Å²) in [5.74, 6) is -1.10. The van der Waals surface area contributed by atoms with Gasteiger partial charge in [0.25, 0.3) is 0 Å². The van der Waals surface area contributed by atoms with E-state index in [1.807, 2.05) is 12.3 Å². The van der Waals surface area contributed by atoms with E-state index in [1.165, 1.54) is 11.3 Å². The van der Waals surface area contributed by atoms with Gasteiger partial charge in [0, 0.05) is 18.3 Å². The number of aliphatic carboxylic acids is 1. The number of carboxylic acid groups (broad SMARTS) is 1. The molecule has 0 aromatic carbocycles. The molecule has 0 aliphatic carbocycles. The lowest BCUT2D eigenvalue weighted by atomic mass is 10.2. The Bertz CT molecular complexity index is 490. The number of aromatic nitrogens is 1. The van der Waals surface area contributed by atoms with Gasteiger partial charge in [-0.25, -0.2) is 14.6 Å². The highest BCUT2D eigenvalue weighted by atomic mass is 32.1. The van der Waals surface area contributed by atoms with Crippen molar-refractivity contribution < 1.29 is 19.8 Å². The lowest BCUT2D eigenvalue weighted by molar-refractivity contribution is -0.141. The van der Waals surface area contributed by atoms with Crippen molar-refractivity contribution in [3.05, 3.63) is 16.1 Å². The van der Waals surface area contributed by atoms with Gasteiger partial charge >= 0.3 is 12.0 Å². The SMILES string of the molecule is Cc1nc(CNC(=O)N2C[C@H](O)C[C@@H]2C(=O)O)cs1. The van der Waals surface area contributed by atoms with Crippen molar-refractivity contribution in [2.24, 2.45) is 0 Å². The summed E-state index contributed by atoms with van der Waals surface area (Å²) < 4.78 is 0. The van der Waals surface area contributed by atoms with E-state index in [0.717, 1.165) is 15.6 Å². The smallest absolute Gasteiger partial charge is 0.326 e. The van der Waals surface area contributed by atoms with Gasteiger partial charge in [0.1, 0.15) is 6.04 Å². The third-order valence-corrected chi connectivity index (χ3v) is 3.73. The number of aliphatic hydroxyl groups is 1. The van der Waals surface area contributed by atoms with E-state index in [9.17, 15) is 14.7 Å². The average Bonchev–Trinajstić information content (AvgIpc) is 2.92. The number of carbonyl (C=O) groups is 2. The fraction of sp³-hybridized carbons (Fsp3) is 0.545. The third kappa shape index (κ3) is 3.21. The van der Waals surface area contributed by atoms with Gasteiger partial charge in [0.15, 0.2) is 0 Å². The number of carboxylic acids is 1. The molecule has 1 aliphatic heterocycles. The molecule has 2 rings (SSSR count). The van der Waals surface area contributed by atoms with Gasteiger partial charge in [-0.05, 0) is 6.92 Å². The molecule has 104 valence electrons. The molecule has 2 atom stereocenters. The van der Waals surface area contributed by atoms with Crippen molar-refractivity contribution in [2.75, 3.05) is 6.54 Å². The molecule has 0 unspecified atom stereocenters. The molecule has 0 bridgehead atoms. The molecular formula is C11H15N3O4S. The van der Waals surface area contributed by atoms with Crippen LogP contribution in [0, 0.1) is 6.92 Å². The maximum Gasteiger partial charge on any atom is 0.326 e. The zero-order chi connectivity index (χ0) is 14.0. The Kier molecular flexibility index (Phi) is 4.01. The largest absolute Gasteiger partial charge is 0.480 e. The Hall–Kier alpha value is -1.67. The molecule has 1 aromatic heterocycles. The predicted molar refractivity (Wildman–Crippen MR) is 67.8 cm³/mol. The van der Waals surface area contributed by atoms with Crippen LogP contribution in [-0.2, 0) is 11.3 Å². The van der Waals surface area contributed by atoms with Crippen LogP contribution in [0.2, 0.25) is 0 Å². The first-order valence-corrected chi connectivity index (χ1v) is 6.71. The van der Waals surface area contributed by atoms with E-state index in [1.54, 1.807) is 0 Å². The molecule has 0 radical (unpaired) electrons. The van der Waals surface area contributed by atoms with Crippen LogP contribution in [-0.4, -0.2) is 50.8 Å². The number of hydrogen-bond acceptors (Lipinski definition) is 5. The molecule has 2 amide bonds. The number of likely N-dealkylation sites (tertiary alicyclic amines) is 1. The van der Waals surface area contributed by atoms with Crippen LogP contribution in [0.3, 0.4) is 0 Å². The van der Waals surface area contributed by atoms with Crippen molar-refractivity contribution in [3.63, 3.8) is 0 Å². The van der Waals surface area contributed by atoms with Crippen molar-refractivity contribution in [1.82, 2.24) is 15.2 Å². The van der Waals surface area contributed by atoms with Crippen LogP contribution < -0.4 is 5.32 Å². The number of thiazole rings is 1. The number of rotatable bonds is 3. The van der Waals surface area contributed by atoms with Gasteiger partial charge in [-0.15, -0.1) is 11.3 Å². The summed E-state index contributed by atoms with van der Waals surface area (Å²) in [6, 6.07) is -1.46. The first-order chi connectivity index (χ1) is 8.97. The monoisotopic (exact) mass is 285 g/mol. The minimum atomic E-state index is -1.10. The molecule has 2 heterocycles. The van der Waals surface area contributed by atoms with Crippen LogP contribution in [0.4, 0.5) is 4.79 Å². The summed E-state index contributed by atoms with van der Waals surface area (Å²) in [6.07, 6.45) is -0.716. The minimum Gasteiger partial charge on any atom is -0.480 e. The van der Waals surface area contributed by atoms with Crippen LogP contribution in [0.15, 0.2) is 5.38 Å². The number of aliphatic hydroxyl groups excluding tert-OH is 1. The Balaban J connectivity index is 1.93. The van der Waals surface area contributed by atoms with E-state index in [-0.39, 0.29) is 19.5 Å². The quantitative estimate of drug-likeness (QED) is 0.735. The highest BCUT2D eigenvalue weighted by Crippen LogP contribution is 2.18. The fourth-order valence-corrected chi connectivity index (χ4v) is 2.64. The summed E-state index contributed by atoms with van der Waals surface area (Å²) in [4.78, 5) is 28.2. The van der Waals surface area contributed by atoms with Gasteiger partial charge in [-0.3, -0.25) is 0 Å². The minimum absolute atomic E-state index is 0.0406. The number of urea groups is 1. The van der Waals surface area contributed by atoms with Crippen molar-refractivity contribution >= 4 is 23.3 Å². The number of nitrogens with one attached hydrogen (secondary N) is 1. The fourth-order valence-electron chi connectivity index (χ4n) is 2.03. The third-order valence-electron chi connectivity index (χ3n) is 2.91. The second kappa shape index (κ2) is 5.54.